The van der Waals surface area contributed by atoms with Crippen molar-refractivity contribution in [1.82, 2.24) is 9.97 Å². The van der Waals surface area contributed by atoms with Crippen LogP contribution in [0.15, 0.2) is 12.4 Å². The molecule has 0 saturated heterocycles. The molecule has 2 N–H and O–H groups in total. The molecule has 1 rings (SSSR count). The van der Waals surface area contributed by atoms with Gasteiger partial charge in [0.25, 0.3) is 0 Å². The highest BCUT2D eigenvalue weighted by atomic mass is 16.5. The summed E-state index contributed by atoms with van der Waals surface area (Å²) >= 11 is 0. The third-order valence-corrected chi connectivity index (χ3v) is 1.71. The molecule has 0 saturated carbocycles. The fraction of sp³-hybridized carbons (Fsp3) is 0.444. The van der Waals surface area contributed by atoms with E-state index in [4.69, 9.17) is 9.84 Å². The lowest BCUT2D eigenvalue weighted by molar-refractivity contribution is -0.134. The minimum absolute atomic E-state index is 0.152. The van der Waals surface area contributed by atoms with Crippen molar-refractivity contribution in [1.29, 1.82) is 0 Å². The first-order valence-corrected chi connectivity index (χ1v) is 4.48. The molecule has 0 fully saturated rings. The summed E-state index contributed by atoms with van der Waals surface area (Å²) in [6, 6.07) is 1.71. The Balaban J connectivity index is 2.53. The van der Waals surface area contributed by atoms with Gasteiger partial charge in [-0.3, -0.25) is 4.79 Å². The Morgan fingerprint density at radius 1 is 1.60 bits per heavy atom. The predicted molar refractivity (Wildman–Crippen MR) is 53.7 cm³/mol. The number of aromatic nitrogens is 2. The summed E-state index contributed by atoms with van der Waals surface area (Å²) < 4.78 is 4.91. The molecule has 0 aliphatic carbocycles. The van der Waals surface area contributed by atoms with E-state index in [0.29, 0.717) is 18.8 Å². The molecule has 0 amide bonds. The van der Waals surface area contributed by atoms with E-state index in [1.54, 1.807) is 13.2 Å². The number of nitrogens with zero attached hydrogens (tertiary/aromatic N) is 2. The molecule has 82 valence electrons. The van der Waals surface area contributed by atoms with Gasteiger partial charge in [0.05, 0.1) is 6.61 Å². The van der Waals surface area contributed by atoms with Gasteiger partial charge >= 0.3 is 5.97 Å². The fourth-order valence-electron chi connectivity index (χ4n) is 1.00. The van der Waals surface area contributed by atoms with Crippen molar-refractivity contribution in [2.45, 2.75) is 6.42 Å². The number of rotatable bonds is 6. The maximum absolute atomic E-state index is 10.3. The van der Waals surface area contributed by atoms with Crippen molar-refractivity contribution in [2.24, 2.45) is 0 Å². The number of aliphatic carboxylic acids is 1. The summed E-state index contributed by atoms with van der Waals surface area (Å²) in [5, 5.41) is 11.1. The van der Waals surface area contributed by atoms with Crippen LogP contribution in [0.4, 0.5) is 5.82 Å². The van der Waals surface area contributed by atoms with Crippen molar-refractivity contribution in [3.05, 3.63) is 18.1 Å². The molecule has 0 aliphatic heterocycles. The monoisotopic (exact) mass is 211 g/mol. The number of methoxy groups -OCH3 is 1. The highest BCUT2D eigenvalue weighted by molar-refractivity contribution is 5.72. The number of carboxylic acid groups (broad SMARTS) is 1. The lowest BCUT2D eigenvalue weighted by atomic mass is 10.3. The average Bonchev–Trinajstić information content (AvgIpc) is 2.24. The van der Waals surface area contributed by atoms with Crippen LogP contribution in [0.1, 0.15) is 5.69 Å². The number of ether oxygens (including phenoxy) is 1. The molecule has 1 aromatic rings. The second kappa shape index (κ2) is 5.92. The zero-order valence-electron chi connectivity index (χ0n) is 8.43. The Labute approximate surface area is 87.3 Å². The maximum Gasteiger partial charge on any atom is 0.322 e. The number of nitrogens with one attached hydrogen (secondary N) is 1. The van der Waals surface area contributed by atoms with Gasteiger partial charge in [0.15, 0.2) is 0 Å². The summed E-state index contributed by atoms with van der Waals surface area (Å²) in [4.78, 5) is 18.2. The number of hydrogen-bond acceptors (Lipinski definition) is 5. The zero-order valence-corrected chi connectivity index (χ0v) is 8.43. The summed E-state index contributed by atoms with van der Waals surface area (Å²) in [6.45, 7) is 0.427. The number of hydrogen-bond donors (Lipinski definition) is 2. The molecule has 1 aromatic heterocycles. The van der Waals surface area contributed by atoms with Gasteiger partial charge in [0.2, 0.25) is 0 Å². The summed E-state index contributed by atoms with van der Waals surface area (Å²) in [5.74, 6) is -0.412. The van der Waals surface area contributed by atoms with Gasteiger partial charge in [-0.15, -0.1) is 0 Å². The van der Waals surface area contributed by atoms with E-state index in [0.717, 1.165) is 5.69 Å². The molecule has 15 heavy (non-hydrogen) atoms. The SMILES string of the molecule is COCCc1cc(NCC(=O)O)ncn1. The van der Waals surface area contributed by atoms with Crippen LogP contribution in [0.5, 0.6) is 0 Å². The maximum atomic E-state index is 10.3. The molecule has 0 aliphatic rings. The second-order valence-electron chi connectivity index (χ2n) is 2.88. The quantitative estimate of drug-likeness (QED) is 0.697. The fourth-order valence-corrected chi connectivity index (χ4v) is 1.00. The molecule has 1 heterocycles. The largest absolute Gasteiger partial charge is 0.480 e. The third-order valence-electron chi connectivity index (χ3n) is 1.71. The van der Waals surface area contributed by atoms with Crippen LogP contribution in [0, 0.1) is 0 Å². The first-order chi connectivity index (χ1) is 7.22. The van der Waals surface area contributed by atoms with Crippen molar-refractivity contribution in [3.63, 3.8) is 0 Å². The van der Waals surface area contributed by atoms with E-state index in [-0.39, 0.29) is 6.54 Å². The molecule has 0 bridgehead atoms. The summed E-state index contributed by atoms with van der Waals surface area (Å²) in [5.41, 5.74) is 0.819. The van der Waals surface area contributed by atoms with E-state index in [1.165, 1.54) is 6.33 Å². The van der Waals surface area contributed by atoms with Gasteiger partial charge in [-0.1, -0.05) is 0 Å². The molecule has 6 nitrogen and oxygen atoms in total. The first-order valence-electron chi connectivity index (χ1n) is 4.48. The Morgan fingerprint density at radius 2 is 2.40 bits per heavy atom. The molecule has 0 spiro atoms. The third kappa shape index (κ3) is 4.37. The van der Waals surface area contributed by atoms with Crippen molar-refractivity contribution in [2.75, 3.05) is 25.6 Å². The Morgan fingerprint density at radius 3 is 3.07 bits per heavy atom. The van der Waals surface area contributed by atoms with Crippen LogP contribution in [0.3, 0.4) is 0 Å². The molecule has 0 aromatic carbocycles. The van der Waals surface area contributed by atoms with Crippen molar-refractivity contribution >= 4 is 11.8 Å². The Kier molecular flexibility index (Phi) is 4.49. The van der Waals surface area contributed by atoms with Gasteiger partial charge in [-0.2, -0.15) is 0 Å². The molecule has 0 atom stereocenters. The second-order valence-corrected chi connectivity index (χ2v) is 2.88. The van der Waals surface area contributed by atoms with E-state index in [1.807, 2.05) is 0 Å². The number of carboxylic acids is 1. The Bertz CT molecular complexity index is 330. The number of carbonyl (C=O) groups is 1. The van der Waals surface area contributed by atoms with Crippen molar-refractivity contribution < 1.29 is 14.6 Å². The van der Waals surface area contributed by atoms with Crippen LogP contribution >= 0.6 is 0 Å². The smallest absolute Gasteiger partial charge is 0.322 e. The average molecular weight is 211 g/mol. The summed E-state index contributed by atoms with van der Waals surface area (Å²) in [6.07, 6.45) is 2.08. The van der Waals surface area contributed by atoms with E-state index >= 15 is 0 Å². The standard InChI is InChI=1S/C9H13N3O3/c1-15-3-2-7-4-8(12-6-11-7)10-5-9(13)14/h4,6H,2-3,5H2,1H3,(H,13,14)(H,10,11,12). The zero-order chi connectivity index (χ0) is 11.1. The minimum Gasteiger partial charge on any atom is -0.480 e. The lowest BCUT2D eigenvalue weighted by Crippen LogP contribution is -2.13. The van der Waals surface area contributed by atoms with Gasteiger partial charge < -0.3 is 15.2 Å². The highest BCUT2D eigenvalue weighted by Gasteiger charge is 2.00. The van der Waals surface area contributed by atoms with Crippen LogP contribution < -0.4 is 5.32 Å². The Hall–Kier alpha value is -1.69. The van der Waals surface area contributed by atoms with Crippen LogP contribution in [-0.4, -0.2) is 41.3 Å². The van der Waals surface area contributed by atoms with Crippen molar-refractivity contribution in [3.8, 4) is 0 Å². The first kappa shape index (κ1) is 11.4. The van der Waals surface area contributed by atoms with Crippen LogP contribution in [0.25, 0.3) is 0 Å². The molecule has 0 unspecified atom stereocenters. The number of anilines is 1. The minimum atomic E-state index is -0.924. The summed E-state index contributed by atoms with van der Waals surface area (Å²) in [7, 11) is 1.62. The van der Waals surface area contributed by atoms with Gasteiger partial charge in [0.1, 0.15) is 18.7 Å². The molecular weight excluding hydrogens is 198 g/mol. The van der Waals surface area contributed by atoms with Crippen LogP contribution in [0.2, 0.25) is 0 Å². The highest BCUT2D eigenvalue weighted by Crippen LogP contribution is 2.03. The van der Waals surface area contributed by atoms with Crippen LogP contribution in [-0.2, 0) is 16.0 Å². The topological polar surface area (TPSA) is 84.3 Å². The van der Waals surface area contributed by atoms with Gasteiger partial charge in [-0.05, 0) is 0 Å². The molecule has 0 radical (unpaired) electrons. The van der Waals surface area contributed by atoms with E-state index in [2.05, 4.69) is 15.3 Å². The molecule has 6 heteroatoms. The molecular formula is C9H13N3O3. The lowest BCUT2D eigenvalue weighted by Gasteiger charge is -2.04. The van der Waals surface area contributed by atoms with E-state index in [9.17, 15) is 4.79 Å². The van der Waals surface area contributed by atoms with E-state index < -0.39 is 5.97 Å². The van der Waals surface area contributed by atoms with Gasteiger partial charge in [0, 0.05) is 25.3 Å². The van der Waals surface area contributed by atoms with Gasteiger partial charge in [-0.25, -0.2) is 9.97 Å². The predicted octanol–water partition coefficient (Wildman–Crippen LogP) is 0.162. The normalized spacial score (nSPS) is 9.93.